The highest BCUT2D eigenvalue weighted by atomic mass is 79.9. The Morgan fingerprint density at radius 3 is 2.62 bits per heavy atom. The molecule has 0 saturated carbocycles. The van der Waals surface area contributed by atoms with Crippen LogP contribution in [0.5, 0.6) is 0 Å². The molecule has 3 nitrogen and oxygen atoms in total. The minimum absolute atomic E-state index is 0.103. The first-order chi connectivity index (χ1) is 11.7. The maximum Gasteiger partial charge on any atom is 0.197 e. The second kappa shape index (κ2) is 7.64. The Kier molecular flexibility index (Phi) is 5.54. The molecule has 126 valence electrons. The molecule has 0 amide bonds. The monoisotopic (exact) mass is 404 g/mol. The summed E-state index contributed by atoms with van der Waals surface area (Å²) in [6.07, 6.45) is 0. The Morgan fingerprint density at radius 2 is 1.88 bits per heavy atom. The Bertz CT molecular complexity index is 918. The second-order valence-electron chi connectivity index (χ2n) is 5.68. The average Bonchev–Trinajstić information content (AvgIpc) is 2.61. The van der Waals surface area contributed by atoms with Gasteiger partial charge in [-0.2, -0.15) is 0 Å². The third-order valence-corrected chi connectivity index (χ3v) is 6.45. The van der Waals surface area contributed by atoms with Crippen LogP contribution in [0.3, 0.4) is 0 Å². The lowest BCUT2D eigenvalue weighted by molar-refractivity contribution is 0.316. The maximum absolute atomic E-state index is 13.0. The smallest absolute Gasteiger partial charge is 0.197 e. The lowest BCUT2D eigenvalue weighted by Crippen LogP contribution is -2.28. The number of anilines is 1. The van der Waals surface area contributed by atoms with Crippen LogP contribution in [0.2, 0.25) is 0 Å². The number of nitrogens with one attached hydrogen (secondary N) is 1. The van der Waals surface area contributed by atoms with E-state index in [1.54, 1.807) is 11.3 Å². The van der Waals surface area contributed by atoms with E-state index in [1.807, 2.05) is 36.4 Å². The molecule has 1 aromatic heterocycles. The fraction of sp³-hybridized carbons (Fsp3) is 0.316. The van der Waals surface area contributed by atoms with Gasteiger partial charge in [-0.1, -0.05) is 26.0 Å². The van der Waals surface area contributed by atoms with E-state index >= 15 is 0 Å². The van der Waals surface area contributed by atoms with E-state index in [4.69, 9.17) is 0 Å². The summed E-state index contributed by atoms with van der Waals surface area (Å²) in [5.41, 5.74) is 1.03. The van der Waals surface area contributed by atoms with E-state index < -0.39 is 0 Å². The summed E-state index contributed by atoms with van der Waals surface area (Å²) in [4.78, 5) is 15.4. The Morgan fingerprint density at radius 1 is 1.12 bits per heavy atom. The normalized spacial score (nSPS) is 11.5. The van der Waals surface area contributed by atoms with E-state index in [-0.39, 0.29) is 5.43 Å². The minimum atomic E-state index is 0.103. The number of rotatable bonds is 6. The Labute approximate surface area is 154 Å². The van der Waals surface area contributed by atoms with Crippen molar-refractivity contribution in [2.45, 2.75) is 13.8 Å². The summed E-state index contributed by atoms with van der Waals surface area (Å²) in [6.45, 7) is 8.22. The van der Waals surface area contributed by atoms with Crippen molar-refractivity contribution in [1.82, 2.24) is 4.90 Å². The van der Waals surface area contributed by atoms with Crippen LogP contribution in [-0.4, -0.2) is 31.1 Å². The molecule has 2 aromatic carbocycles. The molecule has 3 rings (SSSR count). The molecule has 24 heavy (non-hydrogen) atoms. The quantitative estimate of drug-likeness (QED) is 0.591. The standard InChI is InChI=1S/C19H21BrN2OS/c1-3-22(4-2)12-11-21-15-10-9-14(20)19-17(15)18(23)13-7-5-6-8-16(13)24-19/h5-10,21H,3-4,11-12H2,1-2H3. The van der Waals surface area contributed by atoms with Crippen molar-refractivity contribution in [3.8, 4) is 0 Å². The van der Waals surface area contributed by atoms with Crippen LogP contribution in [0, 0.1) is 0 Å². The predicted octanol–water partition coefficient (Wildman–Crippen LogP) is 4.93. The topological polar surface area (TPSA) is 32.3 Å². The summed E-state index contributed by atoms with van der Waals surface area (Å²) in [5, 5.41) is 5.04. The highest BCUT2D eigenvalue weighted by Gasteiger charge is 2.12. The van der Waals surface area contributed by atoms with Crippen LogP contribution in [-0.2, 0) is 0 Å². The Balaban J connectivity index is 2.04. The maximum atomic E-state index is 13.0. The van der Waals surface area contributed by atoms with Gasteiger partial charge in [0.15, 0.2) is 5.43 Å². The molecule has 0 bridgehead atoms. The largest absolute Gasteiger partial charge is 0.383 e. The molecule has 0 spiro atoms. The van der Waals surface area contributed by atoms with Crippen LogP contribution in [0.4, 0.5) is 5.69 Å². The van der Waals surface area contributed by atoms with Crippen LogP contribution in [0.1, 0.15) is 13.8 Å². The minimum Gasteiger partial charge on any atom is -0.383 e. The fourth-order valence-electron chi connectivity index (χ4n) is 2.91. The van der Waals surface area contributed by atoms with Gasteiger partial charge in [-0.15, -0.1) is 11.3 Å². The van der Waals surface area contributed by atoms with Crippen molar-refractivity contribution in [2.75, 3.05) is 31.5 Å². The zero-order chi connectivity index (χ0) is 17.1. The fourth-order valence-corrected chi connectivity index (χ4v) is 4.59. The van der Waals surface area contributed by atoms with Gasteiger partial charge in [-0.3, -0.25) is 4.79 Å². The molecular formula is C19H21BrN2OS. The van der Waals surface area contributed by atoms with E-state index in [2.05, 4.69) is 40.0 Å². The summed E-state index contributed by atoms with van der Waals surface area (Å²) in [7, 11) is 0. The van der Waals surface area contributed by atoms with Crippen molar-refractivity contribution in [2.24, 2.45) is 0 Å². The van der Waals surface area contributed by atoms with Crippen molar-refractivity contribution in [1.29, 1.82) is 0 Å². The number of nitrogens with zero attached hydrogens (tertiary/aromatic N) is 1. The van der Waals surface area contributed by atoms with E-state index in [0.29, 0.717) is 0 Å². The molecule has 0 saturated heterocycles. The van der Waals surface area contributed by atoms with E-state index in [0.717, 1.165) is 56.5 Å². The Hall–Kier alpha value is -1.43. The van der Waals surface area contributed by atoms with Gasteiger partial charge in [-0.25, -0.2) is 0 Å². The van der Waals surface area contributed by atoms with Crippen molar-refractivity contribution < 1.29 is 0 Å². The van der Waals surface area contributed by atoms with Gasteiger partial charge in [0.1, 0.15) is 0 Å². The van der Waals surface area contributed by atoms with Crippen molar-refractivity contribution >= 4 is 53.1 Å². The average molecular weight is 405 g/mol. The molecule has 1 N–H and O–H groups in total. The van der Waals surface area contributed by atoms with Crippen molar-refractivity contribution in [3.05, 3.63) is 51.1 Å². The number of halogens is 1. The molecule has 1 heterocycles. The van der Waals surface area contributed by atoms with E-state index in [1.165, 1.54) is 0 Å². The van der Waals surface area contributed by atoms with Gasteiger partial charge in [0.05, 0.1) is 10.1 Å². The van der Waals surface area contributed by atoms with Gasteiger partial charge in [0.25, 0.3) is 0 Å². The second-order valence-corrected chi connectivity index (χ2v) is 7.59. The molecule has 5 heteroatoms. The molecule has 3 aromatic rings. The van der Waals surface area contributed by atoms with Gasteiger partial charge >= 0.3 is 0 Å². The zero-order valence-electron chi connectivity index (χ0n) is 13.9. The first-order valence-electron chi connectivity index (χ1n) is 8.26. The van der Waals surface area contributed by atoms with Crippen LogP contribution in [0.15, 0.2) is 45.7 Å². The number of benzene rings is 2. The predicted molar refractivity (Wildman–Crippen MR) is 110 cm³/mol. The lowest BCUT2D eigenvalue weighted by atomic mass is 10.1. The third-order valence-electron chi connectivity index (χ3n) is 4.32. The molecule has 0 aliphatic rings. The summed E-state index contributed by atoms with van der Waals surface area (Å²) >= 11 is 5.26. The van der Waals surface area contributed by atoms with Gasteiger partial charge in [0.2, 0.25) is 0 Å². The summed E-state index contributed by atoms with van der Waals surface area (Å²) in [6, 6.07) is 11.8. The van der Waals surface area contributed by atoms with Gasteiger partial charge < -0.3 is 10.2 Å². The van der Waals surface area contributed by atoms with Crippen LogP contribution >= 0.6 is 27.3 Å². The molecular weight excluding hydrogens is 384 g/mol. The number of likely N-dealkylation sites (N-methyl/N-ethyl adjacent to an activating group) is 1. The highest BCUT2D eigenvalue weighted by molar-refractivity contribution is 9.10. The first-order valence-corrected chi connectivity index (χ1v) is 9.87. The zero-order valence-corrected chi connectivity index (χ0v) is 16.3. The van der Waals surface area contributed by atoms with Gasteiger partial charge in [0, 0.05) is 33.3 Å². The van der Waals surface area contributed by atoms with Crippen molar-refractivity contribution in [3.63, 3.8) is 0 Å². The molecule has 0 fully saturated rings. The molecule has 0 aliphatic carbocycles. The van der Waals surface area contributed by atoms with Crippen LogP contribution < -0.4 is 10.7 Å². The number of fused-ring (bicyclic) bond motifs is 2. The number of hydrogen-bond donors (Lipinski definition) is 1. The third kappa shape index (κ3) is 3.34. The molecule has 0 aliphatic heterocycles. The molecule has 0 unspecified atom stereocenters. The summed E-state index contributed by atoms with van der Waals surface area (Å²) in [5.74, 6) is 0. The van der Waals surface area contributed by atoms with Gasteiger partial charge in [-0.05, 0) is 53.3 Å². The molecule has 0 atom stereocenters. The molecule has 0 radical (unpaired) electrons. The van der Waals surface area contributed by atoms with Crippen LogP contribution in [0.25, 0.3) is 20.2 Å². The lowest BCUT2D eigenvalue weighted by Gasteiger charge is -2.19. The van der Waals surface area contributed by atoms with E-state index in [9.17, 15) is 4.79 Å². The first kappa shape index (κ1) is 17.4. The number of hydrogen-bond acceptors (Lipinski definition) is 4. The SMILES string of the molecule is CCN(CC)CCNc1ccc(Br)c2sc3ccccc3c(=O)c12. The highest BCUT2D eigenvalue weighted by Crippen LogP contribution is 2.34. The summed E-state index contributed by atoms with van der Waals surface area (Å²) < 4.78 is 3.00.